The smallest absolute Gasteiger partial charge is 0.277 e. The Morgan fingerprint density at radius 1 is 1.33 bits per heavy atom. The van der Waals surface area contributed by atoms with Gasteiger partial charge in [0.25, 0.3) is 5.22 Å². The van der Waals surface area contributed by atoms with Crippen LogP contribution in [0.3, 0.4) is 0 Å². The van der Waals surface area contributed by atoms with Gasteiger partial charge in [-0.05, 0) is 43.7 Å². The van der Waals surface area contributed by atoms with Crippen LogP contribution >= 0.6 is 11.8 Å². The van der Waals surface area contributed by atoms with E-state index in [1.807, 2.05) is 24.1 Å². The number of nitrogens with zero attached hydrogens (tertiary/aromatic N) is 4. The van der Waals surface area contributed by atoms with E-state index in [0.717, 1.165) is 24.3 Å². The van der Waals surface area contributed by atoms with Gasteiger partial charge in [-0.2, -0.15) is 0 Å². The summed E-state index contributed by atoms with van der Waals surface area (Å²) in [4.78, 5) is 18.3. The van der Waals surface area contributed by atoms with Crippen LogP contribution in [0.2, 0.25) is 0 Å². The Kier molecular flexibility index (Phi) is 5.50. The third-order valence-electron chi connectivity index (χ3n) is 4.56. The van der Waals surface area contributed by atoms with E-state index in [1.165, 1.54) is 24.6 Å². The molecule has 0 aliphatic heterocycles. The Morgan fingerprint density at radius 3 is 2.83 bits per heavy atom. The van der Waals surface area contributed by atoms with Gasteiger partial charge in [0.1, 0.15) is 0 Å². The van der Waals surface area contributed by atoms with Gasteiger partial charge in [0.05, 0.1) is 11.3 Å². The van der Waals surface area contributed by atoms with Gasteiger partial charge < -0.3 is 9.32 Å². The number of hydrogen-bond acceptors (Lipinski definition) is 6. The average Bonchev–Trinajstić information content (AvgIpc) is 3.09. The summed E-state index contributed by atoms with van der Waals surface area (Å²) in [6, 6.07) is 4.04. The van der Waals surface area contributed by atoms with E-state index in [4.69, 9.17) is 4.42 Å². The normalized spacial score (nSPS) is 20.8. The molecule has 1 amide bonds. The second-order valence-corrected chi connectivity index (χ2v) is 7.25. The highest BCUT2D eigenvalue weighted by atomic mass is 32.2. The van der Waals surface area contributed by atoms with Crippen LogP contribution in [0.1, 0.15) is 32.6 Å². The van der Waals surface area contributed by atoms with Gasteiger partial charge in [0.2, 0.25) is 11.8 Å². The second-order valence-electron chi connectivity index (χ2n) is 6.32. The van der Waals surface area contributed by atoms with Gasteiger partial charge in [-0.1, -0.05) is 18.7 Å². The molecule has 0 radical (unpaired) electrons. The molecule has 128 valence electrons. The number of thioether (sulfide) groups is 1. The van der Waals surface area contributed by atoms with Crippen LogP contribution in [0, 0.1) is 5.92 Å². The molecule has 1 aliphatic carbocycles. The third-order valence-corrected chi connectivity index (χ3v) is 5.36. The molecule has 3 rings (SSSR count). The first-order valence-electron chi connectivity index (χ1n) is 8.26. The van der Waals surface area contributed by atoms with Crippen LogP contribution < -0.4 is 0 Å². The Morgan fingerprint density at radius 2 is 2.12 bits per heavy atom. The highest BCUT2D eigenvalue weighted by Gasteiger charge is 2.25. The molecule has 1 fully saturated rings. The fourth-order valence-corrected chi connectivity index (χ4v) is 3.62. The molecular formula is C17H22N4O2S. The zero-order valence-electron chi connectivity index (χ0n) is 14.0. The van der Waals surface area contributed by atoms with Crippen LogP contribution in [0.4, 0.5) is 0 Å². The van der Waals surface area contributed by atoms with Gasteiger partial charge in [-0.25, -0.2) is 0 Å². The van der Waals surface area contributed by atoms with Crippen molar-refractivity contribution in [2.75, 3.05) is 12.8 Å². The fraction of sp³-hybridized carbons (Fsp3) is 0.529. The lowest BCUT2D eigenvalue weighted by atomic mass is 9.87. The van der Waals surface area contributed by atoms with Gasteiger partial charge in [-0.3, -0.25) is 9.78 Å². The van der Waals surface area contributed by atoms with Crippen molar-refractivity contribution in [3.05, 3.63) is 24.5 Å². The number of carbonyl (C=O) groups is 1. The van der Waals surface area contributed by atoms with Crippen LogP contribution in [0.15, 0.2) is 34.2 Å². The van der Waals surface area contributed by atoms with Crippen molar-refractivity contribution >= 4 is 17.7 Å². The molecule has 0 aromatic carbocycles. The highest BCUT2D eigenvalue weighted by molar-refractivity contribution is 7.99. The Labute approximate surface area is 146 Å². The molecule has 0 atom stereocenters. The first-order valence-corrected chi connectivity index (χ1v) is 9.24. The monoisotopic (exact) mass is 346 g/mol. The summed E-state index contributed by atoms with van der Waals surface area (Å²) in [5, 5.41) is 8.41. The molecule has 0 N–H and O–H groups in total. The van der Waals surface area contributed by atoms with Crippen LogP contribution in [0.5, 0.6) is 0 Å². The zero-order chi connectivity index (χ0) is 16.9. The van der Waals surface area contributed by atoms with Crippen LogP contribution in [0.25, 0.3) is 11.5 Å². The molecule has 1 aliphatic rings. The lowest BCUT2D eigenvalue weighted by Crippen LogP contribution is -2.40. The van der Waals surface area contributed by atoms with Crippen molar-refractivity contribution in [3.8, 4) is 11.5 Å². The maximum Gasteiger partial charge on any atom is 0.277 e. The van der Waals surface area contributed by atoms with Gasteiger partial charge in [0.15, 0.2) is 0 Å². The summed E-state index contributed by atoms with van der Waals surface area (Å²) in [5.74, 6) is 1.63. The predicted octanol–water partition coefficient (Wildman–Crippen LogP) is 3.26. The maximum absolute atomic E-state index is 12.4. The molecule has 6 nitrogen and oxygen atoms in total. The van der Waals surface area contributed by atoms with Crippen molar-refractivity contribution in [1.82, 2.24) is 20.1 Å². The molecule has 0 saturated heterocycles. The van der Waals surface area contributed by atoms with Crippen molar-refractivity contribution in [1.29, 1.82) is 0 Å². The minimum atomic E-state index is 0.112. The number of hydrogen-bond donors (Lipinski definition) is 0. The van der Waals surface area contributed by atoms with Gasteiger partial charge in [-0.15, -0.1) is 10.2 Å². The molecule has 0 bridgehead atoms. The second kappa shape index (κ2) is 7.79. The summed E-state index contributed by atoms with van der Waals surface area (Å²) in [6.07, 6.45) is 7.96. The molecule has 1 saturated carbocycles. The lowest BCUT2D eigenvalue weighted by Gasteiger charge is -2.33. The number of pyridine rings is 1. The molecular weight excluding hydrogens is 324 g/mol. The topological polar surface area (TPSA) is 72.1 Å². The fourth-order valence-electron chi connectivity index (χ4n) is 2.93. The summed E-state index contributed by atoms with van der Waals surface area (Å²) in [6.45, 7) is 2.28. The number of amides is 1. The van der Waals surface area contributed by atoms with Crippen molar-refractivity contribution in [3.63, 3.8) is 0 Å². The van der Waals surface area contributed by atoms with E-state index in [1.54, 1.807) is 12.4 Å². The van der Waals surface area contributed by atoms with Gasteiger partial charge in [0, 0.05) is 25.5 Å². The molecule has 7 heteroatoms. The molecule has 2 aromatic rings. The number of aromatic nitrogens is 3. The SMILES string of the molecule is CC1CCC(N(C)C(=O)CSc2nnc(-c3cccnc3)o2)CC1. The van der Waals surface area contributed by atoms with Crippen LogP contribution in [-0.4, -0.2) is 44.8 Å². The van der Waals surface area contributed by atoms with Crippen molar-refractivity contribution in [2.24, 2.45) is 5.92 Å². The molecule has 2 heterocycles. The Bertz CT molecular complexity index is 668. The van der Waals surface area contributed by atoms with Crippen molar-refractivity contribution < 1.29 is 9.21 Å². The van der Waals surface area contributed by atoms with Crippen LogP contribution in [-0.2, 0) is 4.79 Å². The minimum Gasteiger partial charge on any atom is -0.411 e. The predicted molar refractivity (Wildman–Crippen MR) is 92.4 cm³/mol. The average molecular weight is 346 g/mol. The highest BCUT2D eigenvalue weighted by Crippen LogP contribution is 2.27. The van der Waals surface area contributed by atoms with Gasteiger partial charge >= 0.3 is 0 Å². The summed E-state index contributed by atoms with van der Waals surface area (Å²) in [7, 11) is 1.90. The number of carbonyl (C=O) groups excluding carboxylic acids is 1. The zero-order valence-corrected chi connectivity index (χ0v) is 14.8. The largest absolute Gasteiger partial charge is 0.411 e. The van der Waals surface area contributed by atoms with E-state index in [9.17, 15) is 4.79 Å². The lowest BCUT2D eigenvalue weighted by molar-refractivity contribution is -0.129. The van der Waals surface area contributed by atoms with Crippen molar-refractivity contribution in [2.45, 2.75) is 43.9 Å². The summed E-state index contributed by atoms with van der Waals surface area (Å²) >= 11 is 1.29. The maximum atomic E-state index is 12.4. The van der Waals surface area contributed by atoms with E-state index < -0.39 is 0 Å². The quantitative estimate of drug-likeness (QED) is 0.774. The first kappa shape index (κ1) is 17.0. The summed E-state index contributed by atoms with van der Waals surface area (Å²) in [5.41, 5.74) is 0.775. The standard InChI is InChI=1S/C17H22N4O2S/c1-12-5-7-14(8-6-12)21(2)15(22)11-24-17-20-19-16(23-17)13-4-3-9-18-10-13/h3-4,9-10,12,14H,5-8,11H2,1-2H3. The van der Waals surface area contributed by atoms with E-state index in [2.05, 4.69) is 22.1 Å². The molecule has 24 heavy (non-hydrogen) atoms. The molecule has 2 aromatic heterocycles. The first-order chi connectivity index (χ1) is 11.6. The van der Waals surface area contributed by atoms with E-state index in [-0.39, 0.29) is 5.91 Å². The minimum absolute atomic E-state index is 0.112. The molecule has 0 unspecified atom stereocenters. The molecule has 0 spiro atoms. The Balaban J connectivity index is 1.52. The van der Waals surface area contributed by atoms with E-state index >= 15 is 0 Å². The summed E-state index contributed by atoms with van der Waals surface area (Å²) < 4.78 is 5.59. The van der Waals surface area contributed by atoms with E-state index in [0.29, 0.717) is 22.9 Å². The third kappa shape index (κ3) is 4.14. The Hall–Kier alpha value is -1.89. The number of rotatable bonds is 5.